The molecule has 0 saturated heterocycles. The number of nitrogens with zero attached hydrogens (tertiary/aromatic N) is 1. The van der Waals surface area contributed by atoms with Gasteiger partial charge in [0.2, 0.25) is 5.91 Å². The van der Waals surface area contributed by atoms with Crippen LogP contribution in [0.5, 0.6) is 5.75 Å². The van der Waals surface area contributed by atoms with Crippen LogP contribution >= 0.6 is 0 Å². The summed E-state index contributed by atoms with van der Waals surface area (Å²) in [6, 6.07) is 15.7. The summed E-state index contributed by atoms with van der Waals surface area (Å²) in [5, 5.41) is 12.6. The molecule has 0 heterocycles. The van der Waals surface area contributed by atoms with Crippen molar-refractivity contribution in [3.8, 4) is 11.8 Å². The van der Waals surface area contributed by atoms with E-state index in [9.17, 15) is 10.1 Å². The number of hydrogen-bond donors (Lipinski definition) is 1. The Morgan fingerprint density at radius 2 is 1.89 bits per heavy atom. The summed E-state index contributed by atoms with van der Waals surface area (Å²) >= 11 is 0. The molecule has 1 saturated carbocycles. The van der Waals surface area contributed by atoms with Crippen LogP contribution in [-0.4, -0.2) is 12.0 Å². The van der Waals surface area contributed by atoms with E-state index in [0.29, 0.717) is 17.0 Å². The van der Waals surface area contributed by atoms with Crippen LogP contribution in [0.1, 0.15) is 62.6 Å². The third-order valence-corrected chi connectivity index (χ3v) is 5.77. The first-order valence-corrected chi connectivity index (χ1v) is 10.1. The molecule has 1 atom stereocenters. The Morgan fingerprint density at radius 1 is 1.21 bits per heavy atom. The number of benzene rings is 2. The van der Waals surface area contributed by atoms with Crippen LogP contribution in [0.4, 0.5) is 5.69 Å². The molecule has 1 fully saturated rings. The molecule has 1 amide bonds. The van der Waals surface area contributed by atoms with E-state index in [1.54, 1.807) is 12.1 Å². The fraction of sp³-hybridized carbons (Fsp3) is 0.417. The zero-order valence-electron chi connectivity index (χ0n) is 16.9. The van der Waals surface area contributed by atoms with Gasteiger partial charge in [-0.15, -0.1) is 0 Å². The molecule has 3 rings (SSSR count). The molecule has 146 valence electrons. The van der Waals surface area contributed by atoms with Crippen molar-refractivity contribution in [3.05, 3.63) is 59.2 Å². The van der Waals surface area contributed by atoms with Gasteiger partial charge in [-0.1, -0.05) is 49.6 Å². The van der Waals surface area contributed by atoms with Gasteiger partial charge in [0.1, 0.15) is 11.8 Å². The molecule has 0 aliphatic heterocycles. The van der Waals surface area contributed by atoms with Gasteiger partial charge in [0, 0.05) is 6.07 Å². The summed E-state index contributed by atoms with van der Waals surface area (Å²) in [7, 11) is 0. The van der Waals surface area contributed by atoms with Crippen molar-refractivity contribution in [2.24, 2.45) is 0 Å². The monoisotopic (exact) mass is 376 g/mol. The average molecular weight is 377 g/mol. The topological polar surface area (TPSA) is 62.1 Å². The molecule has 1 unspecified atom stereocenters. The Hall–Kier alpha value is -2.80. The van der Waals surface area contributed by atoms with E-state index in [4.69, 9.17) is 4.74 Å². The van der Waals surface area contributed by atoms with E-state index in [1.807, 2.05) is 19.9 Å². The van der Waals surface area contributed by atoms with Gasteiger partial charge in [0.05, 0.1) is 22.8 Å². The fourth-order valence-electron chi connectivity index (χ4n) is 3.85. The van der Waals surface area contributed by atoms with Gasteiger partial charge in [-0.3, -0.25) is 4.79 Å². The molecule has 2 aromatic rings. The molecule has 4 nitrogen and oxygen atoms in total. The van der Waals surface area contributed by atoms with Gasteiger partial charge in [0.25, 0.3) is 0 Å². The molecule has 1 aliphatic rings. The minimum atomic E-state index is -0.522. The van der Waals surface area contributed by atoms with Crippen LogP contribution in [0.15, 0.2) is 42.5 Å². The highest BCUT2D eigenvalue weighted by atomic mass is 16.5. The minimum absolute atomic E-state index is 0.0269. The number of carbonyl (C=O) groups is 1. The second kappa shape index (κ2) is 8.48. The lowest BCUT2D eigenvalue weighted by Gasteiger charge is -2.28. The number of amides is 1. The maximum absolute atomic E-state index is 13.3. The van der Waals surface area contributed by atoms with E-state index in [2.05, 4.69) is 42.6 Å². The van der Waals surface area contributed by atoms with Gasteiger partial charge < -0.3 is 10.1 Å². The summed E-state index contributed by atoms with van der Waals surface area (Å²) in [6.07, 6.45) is 4.70. The van der Waals surface area contributed by atoms with E-state index in [-0.39, 0.29) is 12.0 Å². The van der Waals surface area contributed by atoms with Crippen LogP contribution in [0.2, 0.25) is 0 Å². The molecule has 1 N–H and O–H groups in total. The largest absolute Gasteiger partial charge is 0.491 e. The molecular formula is C24H28N2O2. The van der Waals surface area contributed by atoms with E-state index in [1.165, 1.54) is 5.56 Å². The number of ether oxygens (including phenoxy) is 1. The van der Waals surface area contributed by atoms with E-state index >= 15 is 0 Å². The number of anilines is 1. The first kappa shape index (κ1) is 19.9. The van der Waals surface area contributed by atoms with Crippen molar-refractivity contribution in [2.75, 3.05) is 5.32 Å². The molecule has 2 aromatic carbocycles. The first-order valence-electron chi connectivity index (χ1n) is 10.1. The fourth-order valence-corrected chi connectivity index (χ4v) is 3.85. The third-order valence-electron chi connectivity index (χ3n) is 5.77. The van der Waals surface area contributed by atoms with Gasteiger partial charge >= 0.3 is 0 Å². The van der Waals surface area contributed by atoms with Crippen LogP contribution in [0.25, 0.3) is 0 Å². The molecular weight excluding hydrogens is 348 g/mol. The normalized spacial score (nSPS) is 16.2. The van der Waals surface area contributed by atoms with Gasteiger partial charge in [-0.2, -0.15) is 5.26 Å². The van der Waals surface area contributed by atoms with Crippen molar-refractivity contribution in [1.29, 1.82) is 5.26 Å². The highest BCUT2D eigenvalue weighted by molar-refractivity contribution is 6.00. The van der Waals surface area contributed by atoms with Crippen molar-refractivity contribution in [2.45, 2.75) is 64.4 Å². The number of carbonyl (C=O) groups excluding carboxylic acids is 1. The quantitative estimate of drug-likeness (QED) is 0.724. The lowest BCUT2D eigenvalue weighted by atomic mass is 9.77. The summed E-state index contributed by atoms with van der Waals surface area (Å²) in [6.45, 7) is 6.09. The second-order valence-corrected chi connectivity index (χ2v) is 7.77. The summed E-state index contributed by atoms with van der Waals surface area (Å²) < 4.78 is 5.80. The predicted molar refractivity (Wildman–Crippen MR) is 111 cm³/mol. The molecule has 1 aliphatic carbocycles. The first-order chi connectivity index (χ1) is 13.5. The highest BCUT2D eigenvalue weighted by Crippen LogP contribution is 2.42. The van der Waals surface area contributed by atoms with Gasteiger partial charge in [-0.05, 0) is 50.8 Å². The van der Waals surface area contributed by atoms with Crippen molar-refractivity contribution < 1.29 is 9.53 Å². The Bertz CT molecular complexity index is 874. The molecule has 0 radical (unpaired) electrons. The lowest BCUT2D eigenvalue weighted by Crippen LogP contribution is -2.38. The standard InChI is InChI=1S/C24H28N2O2/c1-4-18(3)28-21-11-12-22(19(15-21)16-25)26-23(27)24(13-5-6-14-24)20-9-7-17(2)8-10-20/h7-12,15,18H,4-6,13-14H2,1-3H3,(H,26,27). The molecule has 0 bridgehead atoms. The Kier molecular flexibility index (Phi) is 6.04. The number of rotatable bonds is 6. The smallest absolute Gasteiger partial charge is 0.235 e. The number of hydrogen-bond acceptors (Lipinski definition) is 3. The zero-order chi connectivity index (χ0) is 20.1. The SMILES string of the molecule is CCC(C)Oc1ccc(NC(=O)C2(c3ccc(C)cc3)CCCC2)c(C#N)c1. The van der Waals surface area contributed by atoms with Crippen LogP contribution < -0.4 is 10.1 Å². The zero-order valence-corrected chi connectivity index (χ0v) is 16.9. The van der Waals surface area contributed by atoms with Crippen LogP contribution in [0, 0.1) is 18.3 Å². The van der Waals surface area contributed by atoms with Crippen LogP contribution in [0.3, 0.4) is 0 Å². The van der Waals surface area contributed by atoms with Crippen molar-refractivity contribution in [1.82, 2.24) is 0 Å². The number of nitriles is 1. The van der Waals surface area contributed by atoms with Crippen LogP contribution in [-0.2, 0) is 10.2 Å². The summed E-state index contributed by atoms with van der Waals surface area (Å²) in [5.41, 5.74) is 2.68. The maximum atomic E-state index is 13.3. The Labute approximate surface area is 167 Å². The molecule has 4 heteroatoms. The molecule has 28 heavy (non-hydrogen) atoms. The Morgan fingerprint density at radius 3 is 2.50 bits per heavy atom. The summed E-state index contributed by atoms with van der Waals surface area (Å²) in [5.74, 6) is 0.624. The third kappa shape index (κ3) is 4.04. The van der Waals surface area contributed by atoms with Gasteiger partial charge in [0.15, 0.2) is 0 Å². The molecule has 0 spiro atoms. The van der Waals surface area contributed by atoms with E-state index < -0.39 is 5.41 Å². The number of nitrogens with one attached hydrogen (secondary N) is 1. The highest BCUT2D eigenvalue weighted by Gasteiger charge is 2.42. The maximum Gasteiger partial charge on any atom is 0.235 e. The second-order valence-electron chi connectivity index (χ2n) is 7.77. The summed E-state index contributed by atoms with van der Waals surface area (Å²) in [4.78, 5) is 13.3. The van der Waals surface area contributed by atoms with Crippen molar-refractivity contribution in [3.63, 3.8) is 0 Å². The van der Waals surface area contributed by atoms with Gasteiger partial charge in [-0.25, -0.2) is 0 Å². The predicted octanol–water partition coefficient (Wildman–Crippen LogP) is 5.49. The molecule has 0 aromatic heterocycles. The lowest BCUT2D eigenvalue weighted by molar-refractivity contribution is -0.121. The van der Waals surface area contributed by atoms with Crippen molar-refractivity contribution >= 4 is 11.6 Å². The number of aryl methyl sites for hydroxylation is 1. The van der Waals surface area contributed by atoms with E-state index in [0.717, 1.165) is 37.7 Å². The Balaban J connectivity index is 1.86. The average Bonchev–Trinajstić information content (AvgIpc) is 3.20. The minimum Gasteiger partial charge on any atom is -0.491 e.